The van der Waals surface area contributed by atoms with E-state index >= 15 is 0 Å². The summed E-state index contributed by atoms with van der Waals surface area (Å²) >= 11 is 0. The average Bonchev–Trinajstić information content (AvgIpc) is 2.73. The Labute approximate surface area is 163 Å². The van der Waals surface area contributed by atoms with Crippen molar-refractivity contribution >= 4 is 16.9 Å². The van der Waals surface area contributed by atoms with Gasteiger partial charge in [0, 0.05) is 23.6 Å². The quantitative estimate of drug-likeness (QED) is 0.682. The number of hydrogen-bond acceptors (Lipinski definition) is 4. The van der Waals surface area contributed by atoms with E-state index in [9.17, 15) is 9.59 Å². The molecule has 1 saturated carbocycles. The van der Waals surface area contributed by atoms with Gasteiger partial charge >= 0.3 is 5.63 Å². The second kappa shape index (κ2) is 8.30. The highest BCUT2D eigenvalue weighted by atomic mass is 16.5. The molecule has 1 amide bonds. The van der Waals surface area contributed by atoms with E-state index in [1.165, 1.54) is 11.6 Å². The highest BCUT2D eigenvalue weighted by Gasteiger charge is 2.23. The molecule has 5 heteroatoms. The van der Waals surface area contributed by atoms with Crippen LogP contribution >= 0.6 is 0 Å². The third-order valence-electron chi connectivity index (χ3n) is 5.33. The fourth-order valence-corrected chi connectivity index (χ4v) is 3.85. The molecular formula is C23H23NO4. The summed E-state index contributed by atoms with van der Waals surface area (Å²) in [7, 11) is 0. The minimum atomic E-state index is -0.409. The molecular weight excluding hydrogens is 354 g/mol. The molecule has 5 nitrogen and oxygen atoms in total. The SMILES string of the molecule is O=C(COc1ccc2ccc(=O)oc2c1)NC1CCC(c2ccccc2)CC1. The lowest BCUT2D eigenvalue weighted by Crippen LogP contribution is -2.39. The molecule has 1 aromatic heterocycles. The molecule has 144 valence electrons. The van der Waals surface area contributed by atoms with Crippen LogP contribution in [0.2, 0.25) is 0 Å². The van der Waals surface area contributed by atoms with Crippen LogP contribution in [0.25, 0.3) is 11.0 Å². The van der Waals surface area contributed by atoms with Crippen LogP contribution in [-0.4, -0.2) is 18.6 Å². The van der Waals surface area contributed by atoms with Gasteiger partial charge in [-0.15, -0.1) is 0 Å². The fourth-order valence-electron chi connectivity index (χ4n) is 3.85. The van der Waals surface area contributed by atoms with E-state index in [1.54, 1.807) is 24.3 Å². The standard InChI is InChI=1S/C23H23NO4/c25-22(15-27-20-12-8-18-9-13-23(26)28-21(18)14-20)24-19-10-6-17(7-11-19)16-4-2-1-3-5-16/h1-5,8-9,12-14,17,19H,6-7,10-11,15H2,(H,24,25). The molecule has 0 unspecified atom stereocenters. The molecule has 0 saturated heterocycles. The lowest BCUT2D eigenvalue weighted by atomic mass is 9.82. The van der Waals surface area contributed by atoms with Crippen molar-refractivity contribution in [3.05, 3.63) is 76.6 Å². The highest BCUT2D eigenvalue weighted by Crippen LogP contribution is 2.32. The summed E-state index contributed by atoms with van der Waals surface area (Å²) in [4.78, 5) is 23.6. The van der Waals surface area contributed by atoms with Gasteiger partial charge in [0.1, 0.15) is 11.3 Å². The molecule has 28 heavy (non-hydrogen) atoms. The summed E-state index contributed by atoms with van der Waals surface area (Å²) in [5.74, 6) is 0.959. The first-order valence-corrected chi connectivity index (χ1v) is 9.68. The van der Waals surface area contributed by atoms with Crippen LogP contribution in [0.4, 0.5) is 0 Å². The number of carbonyl (C=O) groups excluding carboxylic acids is 1. The van der Waals surface area contributed by atoms with E-state index in [4.69, 9.17) is 9.15 Å². The molecule has 1 N–H and O–H groups in total. The van der Waals surface area contributed by atoms with Crippen LogP contribution < -0.4 is 15.7 Å². The van der Waals surface area contributed by atoms with E-state index < -0.39 is 5.63 Å². The molecule has 0 bridgehead atoms. The number of ether oxygens (including phenoxy) is 1. The van der Waals surface area contributed by atoms with Crippen molar-refractivity contribution in [2.75, 3.05) is 6.61 Å². The van der Waals surface area contributed by atoms with Crippen molar-refractivity contribution in [3.63, 3.8) is 0 Å². The summed E-state index contributed by atoms with van der Waals surface area (Å²) in [6, 6.07) is 19.0. The Morgan fingerprint density at radius 2 is 1.75 bits per heavy atom. The first-order valence-electron chi connectivity index (χ1n) is 9.68. The van der Waals surface area contributed by atoms with E-state index in [0.29, 0.717) is 17.3 Å². The van der Waals surface area contributed by atoms with Crippen molar-refractivity contribution in [1.82, 2.24) is 5.32 Å². The number of hydrogen-bond donors (Lipinski definition) is 1. The molecule has 0 spiro atoms. The van der Waals surface area contributed by atoms with Gasteiger partial charge < -0.3 is 14.5 Å². The third kappa shape index (κ3) is 4.42. The highest BCUT2D eigenvalue weighted by molar-refractivity contribution is 5.79. The zero-order valence-corrected chi connectivity index (χ0v) is 15.6. The van der Waals surface area contributed by atoms with Crippen molar-refractivity contribution in [2.45, 2.75) is 37.6 Å². The van der Waals surface area contributed by atoms with E-state index in [1.807, 2.05) is 6.07 Å². The van der Waals surface area contributed by atoms with Crippen LogP contribution in [0.3, 0.4) is 0 Å². The number of amides is 1. The molecule has 1 aliphatic carbocycles. The van der Waals surface area contributed by atoms with Gasteiger partial charge in [0.25, 0.3) is 5.91 Å². The normalized spacial score (nSPS) is 19.3. The Kier molecular flexibility index (Phi) is 5.42. The average molecular weight is 377 g/mol. The number of benzene rings is 2. The summed E-state index contributed by atoms with van der Waals surface area (Å²) in [6.07, 6.45) is 4.12. The van der Waals surface area contributed by atoms with E-state index in [-0.39, 0.29) is 18.6 Å². The van der Waals surface area contributed by atoms with Crippen LogP contribution in [-0.2, 0) is 4.79 Å². The predicted octanol–water partition coefficient (Wildman–Crippen LogP) is 4.01. The first kappa shape index (κ1) is 18.3. The first-order chi connectivity index (χ1) is 13.7. The summed E-state index contributed by atoms with van der Waals surface area (Å²) in [6.45, 7) is -0.0544. The maximum atomic E-state index is 12.2. The Morgan fingerprint density at radius 1 is 1.00 bits per heavy atom. The van der Waals surface area contributed by atoms with Crippen LogP contribution in [0, 0.1) is 0 Å². The lowest BCUT2D eigenvalue weighted by Gasteiger charge is -2.29. The smallest absolute Gasteiger partial charge is 0.336 e. The van der Waals surface area contributed by atoms with Crippen molar-refractivity contribution in [2.24, 2.45) is 0 Å². The molecule has 0 radical (unpaired) electrons. The van der Waals surface area contributed by atoms with Gasteiger partial charge in [0.05, 0.1) is 0 Å². The largest absolute Gasteiger partial charge is 0.484 e. The Balaban J connectivity index is 1.27. The van der Waals surface area contributed by atoms with Gasteiger partial charge in [-0.05, 0) is 55.4 Å². The second-order valence-electron chi connectivity index (χ2n) is 7.27. The van der Waals surface area contributed by atoms with Crippen LogP contribution in [0.5, 0.6) is 5.75 Å². The molecule has 1 fully saturated rings. The molecule has 4 rings (SSSR count). The zero-order chi connectivity index (χ0) is 19.3. The Morgan fingerprint density at radius 3 is 2.54 bits per heavy atom. The zero-order valence-electron chi connectivity index (χ0n) is 15.6. The number of carbonyl (C=O) groups is 1. The van der Waals surface area contributed by atoms with Crippen LogP contribution in [0.1, 0.15) is 37.2 Å². The number of fused-ring (bicyclic) bond motifs is 1. The van der Waals surface area contributed by atoms with Crippen molar-refractivity contribution < 1.29 is 13.9 Å². The molecule has 0 atom stereocenters. The Bertz CT molecular complexity index is 1000. The maximum absolute atomic E-state index is 12.2. The minimum Gasteiger partial charge on any atom is -0.484 e. The Hall–Kier alpha value is -3.08. The second-order valence-corrected chi connectivity index (χ2v) is 7.27. The molecule has 1 aliphatic rings. The van der Waals surface area contributed by atoms with Gasteiger partial charge in [-0.1, -0.05) is 30.3 Å². The molecule has 0 aliphatic heterocycles. The van der Waals surface area contributed by atoms with Gasteiger partial charge in [0.2, 0.25) is 0 Å². The van der Waals surface area contributed by atoms with Gasteiger partial charge in [0.15, 0.2) is 6.61 Å². The number of nitrogens with one attached hydrogen (secondary N) is 1. The van der Waals surface area contributed by atoms with Crippen molar-refractivity contribution in [1.29, 1.82) is 0 Å². The summed E-state index contributed by atoms with van der Waals surface area (Å²) in [5.41, 5.74) is 1.43. The molecule has 1 heterocycles. The third-order valence-corrected chi connectivity index (χ3v) is 5.33. The van der Waals surface area contributed by atoms with Gasteiger partial charge in [-0.3, -0.25) is 4.79 Å². The summed E-state index contributed by atoms with van der Waals surface area (Å²) in [5, 5.41) is 3.88. The monoisotopic (exact) mass is 377 g/mol. The molecule has 2 aromatic carbocycles. The molecule has 3 aromatic rings. The lowest BCUT2D eigenvalue weighted by molar-refractivity contribution is -0.124. The van der Waals surface area contributed by atoms with Crippen LogP contribution in [0.15, 0.2) is 69.9 Å². The summed E-state index contributed by atoms with van der Waals surface area (Å²) < 4.78 is 10.7. The number of rotatable bonds is 5. The van der Waals surface area contributed by atoms with Crippen molar-refractivity contribution in [3.8, 4) is 5.75 Å². The van der Waals surface area contributed by atoms with Gasteiger partial charge in [-0.2, -0.15) is 0 Å². The topological polar surface area (TPSA) is 68.5 Å². The predicted molar refractivity (Wildman–Crippen MR) is 108 cm³/mol. The fraction of sp³-hybridized carbons (Fsp3) is 0.304. The van der Waals surface area contributed by atoms with E-state index in [2.05, 4.69) is 29.6 Å². The maximum Gasteiger partial charge on any atom is 0.336 e. The van der Waals surface area contributed by atoms with E-state index in [0.717, 1.165) is 31.1 Å². The minimum absolute atomic E-state index is 0.0544. The van der Waals surface area contributed by atoms with Gasteiger partial charge in [-0.25, -0.2) is 4.79 Å².